The SMILES string of the molecule is NCC(=O)N1CCC[C@H]2CCC[C@H]21. The van der Waals surface area contributed by atoms with Crippen LogP contribution in [0.4, 0.5) is 0 Å². The normalized spacial score (nSPS) is 33.2. The largest absolute Gasteiger partial charge is 0.338 e. The van der Waals surface area contributed by atoms with Gasteiger partial charge in [-0.1, -0.05) is 6.42 Å². The molecule has 2 fully saturated rings. The first-order valence-corrected chi connectivity index (χ1v) is 5.32. The summed E-state index contributed by atoms with van der Waals surface area (Å²) in [7, 11) is 0. The van der Waals surface area contributed by atoms with Crippen LogP contribution in [0.3, 0.4) is 0 Å². The second kappa shape index (κ2) is 3.66. The van der Waals surface area contributed by atoms with E-state index in [1.54, 1.807) is 0 Å². The number of piperidine rings is 1. The first-order valence-electron chi connectivity index (χ1n) is 5.32. The zero-order valence-electron chi connectivity index (χ0n) is 8.04. The lowest BCUT2D eigenvalue weighted by Gasteiger charge is -2.37. The molecule has 1 saturated carbocycles. The first-order chi connectivity index (χ1) is 6.33. The lowest BCUT2D eigenvalue weighted by atomic mass is 9.92. The topological polar surface area (TPSA) is 46.3 Å². The highest BCUT2D eigenvalue weighted by molar-refractivity contribution is 5.78. The maximum Gasteiger partial charge on any atom is 0.236 e. The Morgan fingerprint density at radius 1 is 1.31 bits per heavy atom. The predicted molar refractivity (Wildman–Crippen MR) is 51.1 cm³/mol. The number of fused-ring (bicyclic) bond motifs is 1. The van der Waals surface area contributed by atoms with Gasteiger partial charge in [-0.3, -0.25) is 4.79 Å². The van der Waals surface area contributed by atoms with Crippen LogP contribution in [0.1, 0.15) is 32.1 Å². The third kappa shape index (κ3) is 1.57. The van der Waals surface area contributed by atoms with Crippen molar-refractivity contribution in [2.24, 2.45) is 11.7 Å². The molecule has 1 aliphatic heterocycles. The summed E-state index contributed by atoms with van der Waals surface area (Å²) in [6.45, 7) is 1.13. The Kier molecular flexibility index (Phi) is 2.54. The molecular weight excluding hydrogens is 164 g/mol. The van der Waals surface area contributed by atoms with Gasteiger partial charge in [-0.25, -0.2) is 0 Å². The number of hydrogen-bond acceptors (Lipinski definition) is 2. The molecule has 0 aromatic heterocycles. The number of nitrogens with zero attached hydrogens (tertiary/aromatic N) is 1. The Hall–Kier alpha value is -0.570. The maximum absolute atomic E-state index is 11.5. The van der Waals surface area contributed by atoms with Crippen LogP contribution in [0.15, 0.2) is 0 Å². The molecule has 0 unspecified atom stereocenters. The van der Waals surface area contributed by atoms with E-state index in [2.05, 4.69) is 0 Å². The number of carbonyl (C=O) groups is 1. The van der Waals surface area contributed by atoms with Gasteiger partial charge in [0.15, 0.2) is 0 Å². The summed E-state index contributed by atoms with van der Waals surface area (Å²) in [6.07, 6.45) is 6.31. The van der Waals surface area contributed by atoms with Crippen molar-refractivity contribution in [1.29, 1.82) is 0 Å². The van der Waals surface area contributed by atoms with Crippen LogP contribution in [-0.2, 0) is 4.79 Å². The fourth-order valence-electron chi connectivity index (χ4n) is 2.88. The Morgan fingerprint density at radius 3 is 2.85 bits per heavy atom. The molecule has 0 radical (unpaired) electrons. The molecule has 13 heavy (non-hydrogen) atoms. The summed E-state index contributed by atoms with van der Waals surface area (Å²) >= 11 is 0. The molecule has 2 rings (SSSR count). The second-order valence-electron chi connectivity index (χ2n) is 4.19. The zero-order valence-corrected chi connectivity index (χ0v) is 8.04. The molecule has 74 valence electrons. The van der Waals surface area contributed by atoms with Crippen molar-refractivity contribution in [3.05, 3.63) is 0 Å². The Bertz CT molecular complexity index is 205. The highest BCUT2D eigenvalue weighted by atomic mass is 16.2. The molecule has 2 aliphatic rings. The van der Waals surface area contributed by atoms with E-state index in [0.29, 0.717) is 6.04 Å². The molecule has 3 nitrogen and oxygen atoms in total. The third-order valence-corrected chi connectivity index (χ3v) is 3.49. The Morgan fingerprint density at radius 2 is 2.08 bits per heavy atom. The van der Waals surface area contributed by atoms with Crippen molar-refractivity contribution in [2.75, 3.05) is 13.1 Å². The van der Waals surface area contributed by atoms with Crippen molar-refractivity contribution in [3.8, 4) is 0 Å². The van der Waals surface area contributed by atoms with Crippen molar-refractivity contribution in [2.45, 2.75) is 38.1 Å². The fourth-order valence-corrected chi connectivity index (χ4v) is 2.88. The van der Waals surface area contributed by atoms with E-state index in [1.807, 2.05) is 4.90 Å². The smallest absolute Gasteiger partial charge is 0.236 e. The van der Waals surface area contributed by atoms with Crippen LogP contribution < -0.4 is 5.73 Å². The molecule has 1 aliphatic carbocycles. The third-order valence-electron chi connectivity index (χ3n) is 3.49. The van der Waals surface area contributed by atoms with Gasteiger partial charge in [-0.2, -0.15) is 0 Å². The van der Waals surface area contributed by atoms with Gasteiger partial charge in [0.05, 0.1) is 6.54 Å². The molecule has 1 heterocycles. The quantitative estimate of drug-likeness (QED) is 0.650. The van der Waals surface area contributed by atoms with E-state index in [1.165, 1.54) is 32.1 Å². The van der Waals surface area contributed by atoms with Gasteiger partial charge in [0.1, 0.15) is 0 Å². The average molecular weight is 182 g/mol. The van der Waals surface area contributed by atoms with E-state index < -0.39 is 0 Å². The number of nitrogens with two attached hydrogens (primary N) is 1. The van der Waals surface area contributed by atoms with E-state index in [9.17, 15) is 4.79 Å². The average Bonchev–Trinajstić information content (AvgIpc) is 2.63. The fraction of sp³-hybridized carbons (Fsp3) is 0.900. The summed E-state index contributed by atoms with van der Waals surface area (Å²) in [4.78, 5) is 13.5. The molecule has 1 amide bonds. The van der Waals surface area contributed by atoms with Crippen LogP contribution in [0.5, 0.6) is 0 Å². The minimum absolute atomic E-state index is 0.150. The lowest BCUT2D eigenvalue weighted by molar-refractivity contribution is -0.134. The number of amides is 1. The van der Waals surface area contributed by atoms with Gasteiger partial charge >= 0.3 is 0 Å². The van der Waals surface area contributed by atoms with Gasteiger partial charge in [0, 0.05) is 12.6 Å². The zero-order chi connectivity index (χ0) is 9.26. The van der Waals surface area contributed by atoms with Crippen molar-refractivity contribution in [3.63, 3.8) is 0 Å². The highest BCUT2D eigenvalue weighted by Gasteiger charge is 2.36. The van der Waals surface area contributed by atoms with Crippen molar-refractivity contribution < 1.29 is 4.79 Å². The molecule has 0 bridgehead atoms. The second-order valence-corrected chi connectivity index (χ2v) is 4.19. The highest BCUT2D eigenvalue weighted by Crippen LogP contribution is 2.36. The van der Waals surface area contributed by atoms with Crippen LogP contribution in [0, 0.1) is 5.92 Å². The van der Waals surface area contributed by atoms with Gasteiger partial charge < -0.3 is 10.6 Å². The number of carbonyl (C=O) groups excluding carboxylic acids is 1. The summed E-state index contributed by atoms with van der Waals surface area (Å²) in [6, 6.07) is 0.532. The maximum atomic E-state index is 11.5. The standard InChI is InChI=1S/C10H18N2O/c11-7-10(13)12-6-2-4-8-3-1-5-9(8)12/h8-9H,1-7,11H2/t8-,9-/m1/s1. The van der Waals surface area contributed by atoms with Gasteiger partial charge in [-0.05, 0) is 31.6 Å². The van der Waals surface area contributed by atoms with E-state index >= 15 is 0 Å². The summed E-state index contributed by atoms with van der Waals surface area (Å²) in [5.41, 5.74) is 5.39. The molecule has 2 N–H and O–H groups in total. The van der Waals surface area contributed by atoms with Gasteiger partial charge in [0.2, 0.25) is 5.91 Å². The van der Waals surface area contributed by atoms with Crippen LogP contribution >= 0.6 is 0 Å². The minimum Gasteiger partial charge on any atom is -0.338 e. The number of likely N-dealkylation sites (tertiary alicyclic amines) is 1. The van der Waals surface area contributed by atoms with Crippen molar-refractivity contribution >= 4 is 5.91 Å². The Balaban J connectivity index is 2.05. The molecule has 0 spiro atoms. The molecule has 0 aromatic carbocycles. The van der Waals surface area contributed by atoms with Gasteiger partial charge in [0.25, 0.3) is 0 Å². The van der Waals surface area contributed by atoms with E-state index in [0.717, 1.165) is 12.5 Å². The molecule has 1 saturated heterocycles. The van der Waals surface area contributed by atoms with E-state index in [4.69, 9.17) is 5.73 Å². The lowest BCUT2D eigenvalue weighted by Crippen LogP contribution is -2.48. The molecule has 3 heteroatoms. The first kappa shape index (κ1) is 9.00. The van der Waals surface area contributed by atoms with Crippen LogP contribution in [-0.4, -0.2) is 29.9 Å². The number of rotatable bonds is 1. The Labute approximate surface area is 79.3 Å². The van der Waals surface area contributed by atoms with Crippen LogP contribution in [0.2, 0.25) is 0 Å². The van der Waals surface area contributed by atoms with E-state index in [-0.39, 0.29) is 12.5 Å². The molecular formula is C10H18N2O. The monoisotopic (exact) mass is 182 g/mol. The number of hydrogen-bond donors (Lipinski definition) is 1. The molecule has 0 aromatic rings. The summed E-state index contributed by atoms with van der Waals surface area (Å²) in [5, 5.41) is 0. The predicted octanol–water partition coefficient (Wildman–Crippen LogP) is 0.736. The molecule has 2 atom stereocenters. The minimum atomic E-state index is 0.150. The van der Waals surface area contributed by atoms with Crippen LogP contribution in [0.25, 0.3) is 0 Å². The van der Waals surface area contributed by atoms with Crippen molar-refractivity contribution in [1.82, 2.24) is 4.90 Å². The summed E-state index contributed by atoms with van der Waals surface area (Å²) < 4.78 is 0. The van der Waals surface area contributed by atoms with Gasteiger partial charge in [-0.15, -0.1) is 0 Å². The summed E-state index contributed by atoms with van der Waals surface area (Å²) in [5.74, 6) is 0.931.